The van der Waals surface area contributed by atoms with E-state index in [4.69, 9.17) is 11.6 Å². The van der Waals surface area contributed by atoms with Crippen molar-refractivity contribution < 1.29 is 4.79 Å². The second kappa shape index (κ2) is 7.62. The summed E-state index contributed by atoms with van der Waals surface area (Å²) in [5.41, 5.74) is 2.54. The second-order valence-electron chi connectivity index (χ2n) is 5.27. The average molecular weight is 338 g/mol. The fourth-order valence-electron chi connectivity index (χ4n) is 2.21. The number of benzene rings is 2. The fourth-order valence-corrected chi connectivity index (χ4v) is 2.34. The molecule has 1 aromatic heterocycles. The Labute approximate surface area is 145 Å². The fraction of sp³-hybridized carbons (Fsp3) is 0.0526. The number of anilines is 3. The molecule has 1 amide bonds. The first-order valence-corrected chi connectivity index (χ1v) is 7.89. The van der Waals surface area contributed by atoms with Crippen molar-refractivity contribution in [3.63, 3.8) is 0 Å². The molecule has 0 aliphatic carbocycles. The number of pyridine rings is 1. The molecule has 0 aliphatic heterocycles. The second-order valence-corrected chi connectivity index (χ2v) is 5.71. The van der Waals surface area contributed by atoms with Crippen LogP contribution < -0.4 is 10.6 Å². The zero-order valence-electron chi connectivity index (χ0n) is 12.9. The molecule has 1 heterocycles. The van der Waals surface area contributed by atoms with Crippen LogP contribution in [0.1, 0.15) is 5.56 Å². The van der Waals surface area contributed by atoms with E-state index in [1.807, 2.05) is 66.7 Å². The predicted octanol–water partition coefficient (Wildman–Crippen LogP) is 4.66. The summed E-state index contributed by atoms with van der Waals surface area (Å²) in [4.78, 5) is 16.3. The van der Waals surface area contributed by atoms with Gasteiger partial charge in [-0.25, -0.2) is 4.98 Å². The Hall–Kier alpha value is -2.85. The van der Waals surface area contributed by atoms with Gasteiger partial charge in [-0.3, -0.25) is 4.79 Å². The molecule has 0 fully saturated rings. The number of nitrogens with zero attached hydrogens (tertiary/aromatic N) is 1. The van der Waals surface area contributed by atoms with Crippen molar-refractivity contribution in [2.45, 2.75) is 6.42 Å². The van der Waals surface area contributed by atoms with E-state index < -0.39 is 0 Å². The summed E-state index contributed by atoms with van der Waals surface area (Å²) in [5, 5.41) is 6.70. The summed E-state index contributed by atoms with van der Waals surface area (Å²) < 4.78 is 0. The van der Waals surface area contributed by atoms with Crippen molar-refractivity contribution in [3.05, 3.63) is 83.5 Å². The van der Waals surface area contributed by atoms with Crippen molar-refractivity contribution in [1.82, 2.24) is 4.98 Å². The Morgan fingerprint density at radius 1 is 0.917 bits per heavy atom. The number of nitrogens with one attached hydrogen (secondary N) is 2. The zero-order valence-corrected chi connectivity index (χ0v) is 13.6. The molecule has 0 saturated heterocycles. The highest BCUT2D eigenvalue weighted by molar-refractivity contribution is 6.30. The Morgan fingerprint density at radius 3 is 2.29 bits per heavy atom. The maximum absolute atomic E-state index is 12.0. The molecule has 3 aromatic rings. The Morgan fingerprint density at radius 2 is 1.62 bits per heavy atom. The van der Waals surface area contributed by atoms with Crippen LogP contribution in [0.3, 0.4) is 0 Å². The molecule has 3 rings (SSSR count). The maximum Gasteiger partial charge on any atom is 0.228 e. The van der Waals surface area contributed by atoms with Crippen LogP contribution in [0.4, 0.5) is 17.2 Å². The minimum Gasteiger partial charge on any atom is -0.340 e. The van der Waals surface area contributed by atoms with Crippen LogP contribution in [-0.2, 0) is 11.2 Å². The molecule has 0 bridgehead atoms. The summed E-state index contributed by atoms with van der Waals surface area (Å²) in [6.45, 7) is 0. The lowest BCUT2D eigenvalue weighted by Gasteiger charge is -2.08. The van der Waals surface area contributed by atoms with Gasteiger partial charge in [0, 0.05) is 10.7 Å². The molecule has 0 radical (unpaired) electrons. The number of hydrogen-bond donors (Lipinski definition) is 2. The van der Waals surface area contributed by atoms with Crippen molar-refractivity contribution in [1.29, 1.82) is 0 Å². The highest BCUT2D eigenvalue weighted by atomic mass is 35.5. The number of rotatable bonds is 5. The van der Waals surface area contributed by atoms with Crippen LogP contribution in [-0.4, -0.2) is 10.9 Å². The molecule has 24 heavy (non-hydrogen) atoms. The zero-order chi connectivity index (χ0) is 16.8. The Balaban J connectivity index is 1.58. The van der Waals surface area contributed by atoms with Crippen LogP contribution in [0.15, 0.2) is 72.9 Å². The van der Waals surface area contributed by atoms with Gasteiger partial charge in [0.2, 0.25) is 5.91 Å². The summed E-state index contributed by atoms with van der Waals surface area (Å²) >= 11 is 5.86. The predicted molar refractivity (Wildman–Crippen MR) is 97.7 cm³/mol. The minimum atomic E-state index is -0.0681. The van der Waals surface area contributed by atoms with E-state index in [2.05, 4.69) is 15.6 Å². The van der Waals surface area contributed by atoms with Gasteiger partial charge in [0.15, 0.2) is 0 Å². The number of carbonyl (C=O) groups is 1. The lowest BCUT2D eigenvalue weighted by atomic mass is 10.1. The summed E-state index contributed by atoms with van der Waals surface area (Å²) in [6, 6.07) is 20.6. The topological polar surface area (TPSA) is 54.0 Å². The van der Waals surface area contributed by atoms with Gasteiger partial charge in [-0.15, -0.1) is 0 Å². The molecule has 0 spiro atoms. The minimum absolute atomic E-state index is 0.0681. The molecule has 4 nitrogen and oxygen atoms in total. The summed E-state index contributed by atoms with van der Waals surface area (Å²) in [5.74, 6) is 0.625. The van der Waals surface area contributed by atoms with Gasteiger partial charge in [0.1, 0.15) is 5.82 Å². The molecule has 120 valence electrons. The van der Waals surface area contributed by atoms with Gasteiger partial charge in [0.05, 0.1) is 18.3 Å². The van der Waals surface area contributed by atoms with Gasteiger partial charge in [-0.2, -0.15) is 0 Å². The Kier molecular flexibility index (Phi) is 5.08. The SMILES string of the molecule is O=C(Cc1ccccc1)Nc1ccc(Nc2ccc(Cl)cc2)nc1. The smallest absolute Gasteiger partial charge is 0.228 e. The molecule has 0 saturated carbocycles. The monoisotopic (exact) mass is 337 g/mol. The molecule has 0 unspecified atom stereocenters. The first-order valence-electron chi connectivity index (χ1n) is 7.51. The largest absolute Gasteiger partial charge is 0.340 e. The molecule has 2 aromatic carbocycles. The van der Waals surface area contributed by atoms with E-state index in [0.717, 1.165) is 11.3 Å². The lowest BCUT2D eigenvalue weighted by molar-refractivity contribution is -0.115. The normalized spacial score (nSPS) is 10.2. The maximum atomic E-state index is 12.0. The standard InChI is InChI=1S/C19H16ClN3O/c20-15-6-8-16(9-7-15)22-18-11-10-17(13-21-18)23-19(24)12-14-4-2-1-3-5-14/h1-11,13H,12H2,(H,21,22)(H,23,24). The molecule has 0 aliphatic rings. The van der Waals surface area contributed by atoms with Crippen LogP contribution >= 0.6 is 11.6 Å². The number of halogens is 1. The average Bonchev–Trinajstić information content (AvgIpc) is 2.59. The first-order chi connectivity index (χ1) is 11.7. The quantitative estimate of drug-likeness (QED) is 0.712. The van der Waals surface area contributed by atoms with E-state index >= 15 is 0 Å². The summed E-state index contributed by atoms with van der Waals surface area (Å²) in [7, 11) is 0. The van der Waals surface area contributed by atoms with Crippen molar-refractivity contribution in [2.24, 2.45) is 0 Å². The van der Waals surface area contributed by atoms with Crippen LogP contribution in [0.5, 0.6) is 0 Å². The number of aromatic nitrogens is 1. The van der Waals surface area contributed by atoms with Crippen LogP contribution in [0.25, 0.3) is 0 Å². The van der Waals surface area contributed by atoms with Gasteiger partial charge in [-0.05, 0) is 42.0 Å². The number of carbonyl (C=O) groups excluding carboxylic acids is 1. The molecular formula is C19H16ClN3O. The first kappa shape index (κ1) is 16.0. The molecular weight excluding hydrogens is 322 g/mol. The van der Waals surface area contributed by atoms with E-state index in [9.17, 15) is 4.79 Å². The molecule has 5 heteroatoms. The van der Waals surface area contributed by atoms with Gasteiger partial charge in [-0.1, -0.05) is 41.9 Å². The summed E-state index contributed by atoms with van der Waals surface area (Å²) in [6.07, 6.45) is 1.97. The third-order valence-electron chi connectivity index (χ3n) is 3.37. The molecule has 0 atom stereocenters. The van der Waals surface area contributed by atoms with Crippen LogP contribution in [0, 0.1) is 0 Å². The van der Waals surface area contributed by atoms with E-state index in [-0.39, 0.29) is 5.91 Å². The van der Waals surface area contributed by atoms with E-state index in [1.54, 1.807) is 6.20 Å². The third kappa shape index (κ3) is 4.57. The Bertz CT molecular complexity index is 802. The number of hydrogen-bond acceptors (Lipinski definition) is 3. The van der Waals surface area contributed by atoms with Gasteiger partial charge in [0.25, 0.3) is 0 Å². The number of amides is 1. The van der Waals surface area contributed by atoms with Gasteiger partial charge < -0.3 is 10.6 Å². The van der Waals surface area contributed by atoms with Gasteiger partial charge >= 0.3 is 0 Å². The van der Waals surface area contributed by atoms with E-state index in [0.29, 0.717) is 22.9 Å². The third-order valence-corrected chi connectivity index (χ3v) is 3.62. The lowest BCUT2D eigenvalue weighted by Crippen LogP contribution is -2.14. The van der Waals surface area contributed by atoms with Crippen molar-refractivity contribution >= 4 is 34.7 Å². The molecule has 2 N–H and O–H groups in total. The van der Waals surface area contributed by atoms with Crippen molar-refractivity contribution in [3.8, 4) is 0 Å². The van der Waals surface area contributed by atoms with Crippen molar-refractivity contribution in [2.75, 3.05) is 10.6 Å². The highest BCUT2D eigenvalue weighted by Gasteiger charge is 2.04. The highest BCUT2D eigenvalue weighted by Crippen LogP contribution is 2.18. The van der Waals surface area contributed by atoms with E-state index in [1.165, 1.54) is 0 Å². The van der Waals surface area contributed by atoms with Crippen LogP contribution in [0.2, 0.25) is 5.02 Å².